The van der Waals surface area contributed by atoms with Crippen molar-refractivity contribution in [2.24, 2.45) is 0 Å². The first-order valence-electron chi connectivity index (χ1n) is 3.82. The smallest absolute Gasteiger partial charge is 0.123 e. The summed E-state index contributed by atoms with van der Waals surface area (Å²) in [6.45, 7) is 0. The molecule has 1 heterocycles. The van der Waals surface area contributed by atoms with Gasteiger partial charge in [-0.05, 0) is 29.4 Å². The minimum atomic E-state index is 1.16. The predicted molar refractivity (Wildman–Crippen MR) is 53.6 cm³/mol. The Hall–Kier alpha value is 0.570. The van der Waals surface area contributed by atoms with Crippen molar-refractivity contribution in [2.75, 3.05) is 5.33 Å². The molecule has 0 aromatic rings. The van der Waals surface area contributed by atoms with Crippen LogP contribution >= 0.6 is 15.9 Å². The van der Waals surface area contributed by atoms with Crippen LogP contribution in [-0.4, -0.2) is 10.7 Å². The molecule has 2 heteroatoms. The van der Waals surface area contributed by atoms with Crippen LogP contribution < -0.4 is 0 Å². The van der Waals surface area contributed by atoms with Crippen molar-refractivity contribution in [3.8, 4) is 0 Å². The van der Waals surface area contributed by atoms with E-state index in [1.54, 1.807) is 5.25 Å². The van der Waals surface area contributed by atoms with Crippen LogP contribution in [0.5, 0.6) is 0 Å². The van der Waals surface area contributed by atoms with Crippen molar-refractivity contribution >= 4 is 32.6 Å². The highest BCUT2D eigenvalue weighted by Crippen LogP contribution is 2.20. The molecular weight excluding hydrogens is 208 g/mol. The van der Waals surface area contributed by atoms with E-state index in [4.69, 9.17) is 0 Å². The Labute approximate surface area is 75.5 Å². The fourth-order valence-corrected chi connectivity index (χ4v) is 2.42. The summed E-state index contributed by atoms with van der Waals surface area (Å²) in [5.74, 6) is 0. The summed E-state index contributed by atoms with van der Waals surface area (Å²) < 4.78 is 0. The highest BCUT2D eigenvalue weighted by atomic mass is 79.9. The normalized spacial score (nSPS) is 18.5. The molecule has 0 bridgehead atoms. The molecule has 1 aliphatic rings. The van der Waals surface area contributed by atoms with E-state index in [1.807, 2.05) is 11.4 Å². The van der Waals surface area contributed by atoms with E-state index in [9.17, 15) is 0 Å². The van der Waals surface area contributed by atoms with Crippen LogP contribution in [-0.2, 0) is 11.4 Å². The van der Waals surface area contributed by atoms with Gasteiger partial charge in [-0.1, -0.05) is 22.4 Å². The van der Waals surface area contributed by atoms with Crippen LogP contribution in [0, 0.1) is 5.25 Å². The van der Waals surface area contributed by atoms with E-state index >= 15 is 0 Å². The molecule has 0 amide bonds. The SMILES string of the molecule is BrCCCC[C-]1CCC=[S+]1. The van der Waals surface area contributed by atoms with Gasteiger partial charge in [-0.15, -0.1) is 12.8 Å². The van der Waals surface area contributed by atoms with Crippen LogP contribution in [0.15, 0.2) is 0 Å². The van der Waals surface area contributed by atoms with Crippen molar-refractivity contribution < 1.29 is 0 Å². The lowest BCUT2D eigenvalue weighted by Crippen LogP contribution is -1.90. The van der Waals surface area contributed by atoms with Gasteiger partial charge < -0.3 is 0 Å². The second-order valence-electron chi connectivity index (χ2n) is 2.51. The maximum absolute atomic E-state index is 3.44. The highest BCUT2D eigenvalue weighted by molar-refractivity contribution is 9.09. The summed E-state index contributed by atoms with van der Waals surface area (Å²) in [5, 5.41) is 5.18. The summed E-state index contributed by atoms with van der Waals surface area (Å²) >= 11 is 5.40. The second kappa shape index (κ2) is 5.25. The van der Waals surface area contributed by atoms with Gasteiger partial charge in [-0.2, -0.15) is 0 Å². The zero-order valence-corrected chi connectivity index (χ0v) is 8.51. The average Bonchev–Trinajstić information content (AvgIpc) is 2.41. The molecule has 0 aromatic heterocycles. The summed E-state index contributed by atoms with van der Waals surface area (Å²) in [6, 6.07) is 0. The van der Waals surface area contributed by atoms with Gasteiger partial charge in [0.05, 0.1) is 0 Å². The van der Waals surface area contributed by atoms with E-state index in [1.165, 1.54) is 32.1 Å². The monoisotopic (exact) mass is 220 g/mol. The Kier molecular flexibility index (Phi) is 4.55. The first-order valence-corrected chi connectivity index (χ1v) is 5.82. The van der Waals surface area contributed by atoms with Gasteiger partial charge in [0, 0.05) is 5.33 Å². The Morgan fingerprint density at radius 2 is 2.40 bits per heavy atom. The molecule has 0 saturated carbocycles. The maximum Gasteiger partial charge on any atom is 0.126 e. The summed E-state index contributed by atoms with van der Waals surface area (Å²) in [7, 11) is 0. The lowest BCUT2D eigenvalue weighted by molar-refractivity contribution is 0.750. The Morgan fingerprint density at radius 3 is 3.00 bits per heavy atom. The van der Waals surface area contributed by atoms with Crippen LogP contribution in [0.25, 0.3) is 0 Å². The van der Waals surface area contributed by atoms with Crippen LogP contribution in [0.3, 0.4) is 0 Å². The second-order valence-corrected chi connectivity index (χ2v) is 4.45. The van der Waals surface area contributed by atoms with Crippen LogP contribution in [0.1, 0.15) is 32.1 Å². The zero-order valence-electron chi connectivity index (χ0n) is 6.11. The lowest BCUT2D eigenvalue weighted by Gasteiger charge is -2.06. The molecule has 0 aromatic carbocycles. The minimum Gasteiger partial charge on any atom is -0.123 e. The van der Waals surface area contributed by atoms with Crippen molar-refractivity contribution in [1.29, 1.82) is 0 Å². The molecule has 1 aliphatic heterocycles. The van der Waals surface area contributed by atoms with E-state index in [0.717, 1.165) is 5.33 Å². The standard InChI is InChI=1S/C8H13BrS/c9-6-2-1-4-8-5-3-7-10-8/h7H,1-6H2. The molecule has 0 aliphatic carbocycles. The Morgan fingerprint density at radius 1 is 1.50 bits per heavy atom. The summed E-state index contributed by atoms with van der Waals surface area (Å²) in [4.78, 5) is 0. The van der Waals surface area contributed by atoms with Gasteiger partial charge in [0.25, 0.3) is 0 Å². The van der Waals surface area contributed by atoms with Crippen molar-refractivity contribution in [3.63, 3.8) is 0 Å². The van der Waals surface area contributed by atoms with Gasteiger partial charge >= 0.3 is 0 Å². The molecule has 0 saturated heterocycles. The van der Waals surface area contributed by atoms with E-state index in [2.05, 4.69) is 21.3 Å². The van der Waals surface area contributed by atoms with Crippen molar-refractivity contribution in [2.45, 2.75) is 32.1 Å². The fourth-order valence-electron chi connectivity index (χ4n) is 1.06. The molecule has 0 spiro atoms. The van der Waals surface area contributed by atoms with Crippen LogP contribution in [0.2, 0.25) is 0 Å². The molecule has 0 unspecified atom stereocenters. The quantitative estimate of drug-likeness (QED) is 0.225. The first kappa shape index (κ1) is 8.66. The Balaban J connectivity index is 1.97. The largest absolute Gasteiger partial charge is 0.126 e. The van der Waals surface area contributed by atoms with Crippen LogP contribution in [0.4, 0.5) is 0 Å². The van der Waals surface area contributed by atoms with E-state index in [0.29, 0.717) is 0 Å². The number of alkyl halides is 1. The molecule has 1 rings (SSSR count). The number of rotatable bonds is 4. The topological polar surface area (TPSA) is 0 Å². The number of hydrogen-bond donors (Lipinski definition) is 0. The van der Waals surface area contributed by atoms with Gasteiger partial charge in [0.1, 0.15) is 5.37 Å². The third-order valence-electron chi connectivity index (χ3n) is 1.63. The third-order valence-corrected chi connectivity index (χ3v) is 3.33. The lowest BCUT2D eigenvalue weighted by atomic mass is 10.1. The molecule has 0 radical (unpaired) electrons. The average molecular weight is 221 g/mol. The van der Waals surface area contributed by atoms with Gasteiger partial charge in [0.2, 0.25) is 0 Å². The zero-order chi connectivity index (χ0) is 7.23. The fraction of sp³-hybridized carbons (Fsp3) is 0.750. The number of halogens is 1. The minimum absolute atomic E-state index is 1.16. The Bertz CT molecular complexity index is 112. The number of unbranched alkanes of at least 4 members (excludes halogenated alkanes) is 1. The summed E-state index contributed by atoms with van der Waals surface area (Å²) in [5.41, 5.74) is 0. The van der Waals surface area contributed by atoms with Crippen molar-refractivity contribution in [3.05, 3.63) is 5.25 Å². The molecule has 0 fully saturated rings. The van der Waals surface area contributed by atoms with Crippen molar-refractivity contribution in [1.82, 2.24) is 0 Å². The number of hydrogen-bond acceptors (Lipinski definition) is 0. The van der Waals surface area contributed by atoms with E-state index in [-0.39, 0.29) is 0 Å². The van der Waals surface area contributed by atoms with Gasteiger partial charge in [0.15, 0.2) is 0 Å². The first-order chi connectivity index (χ1) is 4.93. The van der Waals surface area contributed by atoms with Gasteiger partial charge in [-0.25, -0.2) is 0 Å². The molecular formula is C8H13BrS. The molecule has 58 valence electrons. The molecule has 0 nitrogen and oxygen atoms in total. The third kappa shape index (κ3) is 3.11. The molecule has 10 heavy (non-hydrogen) atoms. The molecule has 0 atom stereocenters. The molecule has 0 N–H and O–H groups in total. The highest BCUT2D eigenvalue weighted by Gasteiger charge is 2.07. The van der Waals surface area contributed by atoms with Gasteiger partial charge in [-0.3, -0.25) is 0 Å². The van der Waals surface area contributed by atoms with E-state index < -0.39 is 0 Å². The summed E-state index contributed by atoms with van der Waals surface area (Å²) in [6.07, 6.45) is 6.67. The predicted octanol–water partition coefficient (Wildman–Crippen LogP) is 2.76. The maximum atomic E-state index is 3.44.